The Morgan fingerprint density at radius 3 is 1.24 bits per heavy atom. The molecule has 7 nitrogen and oxygen atoms in total. The Morgan fingerprint density at radius 1 is 0.460 bits per heavy atom. The summed E-state index contributed by atoms with van der Waals surface area (Å²) in [5, 5.41) is 0. The zero-order valence-electron chi connectivity index (χ0n) is 39.4. The largest absolute Gasteiger partial charge is 0.450 e. The van der Waals surface area contributed by atoms with Gasteiger partial charge in [0.25, 0.3) is 0 Å². The van der Waals surface area contributed by atoms with Crippen LogP contribution in [0.15, 0.2) is 60.9 Å². The van der Waals surface area contributed by atoms with Gasteiger partial charge in [0.05, 0.1) is 48.2 Å². The molecular weight excluding hydrogens is 777 g/mol. The first kappa shape index (κ1) is 45.9. The molecule has 7 heteroatoms. The predicted octanol–water partition coefficient (Wildman–Crippen LogP) is 15.1. The van der Waals surface area contributed by atoms with E-state index in [0.717, 1.165) is 58.8 Å². The molecule has 4 aromatic rings. The van der Waals surface area contributed by atoms with Gasteiger partial charge in [-0.1, -0.05) is 153 Å². The van der Waals surface area contributed by atoms with Crippen LogP contribution >= 0.6 is 0 Å². The Bertz CT molecular complexity index is 1840. The molecule has 4 fully saturated rings. The molecule has 0 N–H and O–H groups in total. The summed E-state index contributed by atoms with van der Waals surface area (Å²) in [6, 6.07) is 18.2. The molecule has 0 spiro atoms. The average Bonchev–Trinajstić information content (AvgIpc) is 4.26. The molecular formula is C56H78N4O3. The Hall–Kier alpha value is -3.68. The first-order valence-corrected chi connectivity index (χ1v) is 25.9. The summed E-state index contributed by atoms with van der Waals surface area (Å²) in [6.45, 7) is 9.09. The highest BCUT2D eigenvalue weighted by atomic mass is 16.6. The van der Waals surface area contributed by atoms with Gasteiger partial charge in [0, 0.05) is 24.0 Å². The maximum absolute atomic E-state index is 6.83. The normalized spacial score (nSPS) is 25.5. The molecule has 63 heavy (non-hydrogen) atoms. The second-order valence-corrected chi connectivity index (χ2v) is 19.9. The molecule has 2 aromatic heterocycles. The molecule has 2 aromatic carbocycles. The molecule has 4 atom stereocenters. The molecule has 2 saturated carbocycles. The molecule has 0 bridgehead atoms. The lowest BCUT2D eigenvalue weighted by Crippen LogP contribution is -2.13. The smallest absolute Gasteiger partial charge is 0.167 e. The topological polar surface area (TPSA) is 85.9 Å². The Labute approximate surface area is 380 Å². The summed E-state index contributed by atoms with van der Waals surface area (Å²) in [4.78, 5) is 20.3. The van der Waals surface area contributed by atoms with Gasteiger partial charge in [-0.15, -0.1) is 0 Å². The Balaban J connectivity index is 0.989. The highest BCUT2D eigenvalue weighted by molar-refractivity contribution is 5.58. The van der Waals surface area contributed by atoms with Crippen molar-refractivity contribution in [2.45, 2.75) is 218 Å². The van der Waals surface area contributed by atoms with E-state index in [2.05, 4.69) is 76.2 Å². The number of hydrogen-bond donors (Lipinski definition) is 0. The van der Waals surface area contributed by atoms with Crippen molar-refractivity contribution in [3.63, 3.8) is 0 Å². The minimum atomic E-state index is 0.141. The fourth-order valence-electron chi connectivity index (χ4n) is 10.8. The lowest BCUT2D eigenvalue weighted by atomic mass is 9.77. The molecule has 340 valence electrons. The van der Waals surface area contributed by atoms with Crippen molar-refractivity contribution < 1.29 is 14.2 Å². The predicted molar refractivity (Wildman–Crippen MR) is 256 cm³/mol. The quantitative estimate of drug-likeness (QED) is 0.0512. The van der Waals surface area contributed by atoms with Crippen molar-refractivity contribution in [2.24, 2.45) is 11.8 Å². The minimum absolute atomic E-state index is 0.141. The third kappa shape index (κ3) is 12.8. The zero-order valence-corrected chi connectivity index (χ0v) is 39.4. The molecule has 8 rings (SSSR count). The van der Waals surface area contributed by atoms with Crippen LogP contribution in [-0.4, -0.2) is 44.4 Å². The van der Waals surface area contributed by atoms with Crippen LogP contribution in [0.1, 0.15) is 203 Å². The van der Waals surface area contributed by atoms with Gasteiger partial charge in [0.15, 0.2) is 23.1 Å². The number of epoxide rings is 2. The van der Waals surface area contributed by atoms with Crippen molar-refractivity contribution in [2.75, 3.05) is 0 Å². The molecule has 2 aliphatic heterocycles. The maximum Gasteiger partial charge on any atom is 0.167 e. The van der Waals surface area contributed by atoms with Crippen LogP contribution in [0.4, 0.5) is 0 Å². The summed E-state index contributed by atoms with van der Waals surface area (Å²) in [5.41, 5.74) is 6.73. The summed E-state index contributed by atoms with van der Waals surface area (Å²) >= 11 is 0. The summed E-state index contributed by atoms with van der Waals surface area (Å²) in [6.07, 6.45) is 34.4. The van der Waals surface area contributed by atoms with Crippen LogP contribution < -0.4 is 4.74 Å². The first-order valence-electron chi connectivity index (χ1n) is 25.9. The molecule has 0 unspecified atom stereocenters. The van der Waals surface area contributed by atoms with E-state index in [0.29, 0.717) is 36.2 Å². The fraction of sp³-hybridized carbons (Fsp3) is 0.643. The van der Waals surface area contributed by atoms with Gasteiger partial charge in [-0.05, 0) is 99.0 Å². The van der Waals surface area contributed by atoms with Gasteiger partial charge in [0.2, 0.25) is 0 Å². The number of unbranched alkanes of at least 4 members (excludes halogenated alkanes) is 6. The van der Waals surface area contributed by atoms with E-state index in [-0.39, 0.29) is 24.4 Å². The van der Waals surface area contributed by atoms with E-state index < -0.39 is 0 Å². The van der Waals surface area contributed by atoms with Crippen molar-refractivity contribution in [3.05, 3.63) is 83.4 Å². The van der Waals surface area contributed by atoms with Gasteiger partial charge in [0.1, 0.15) is 0 Å². The summed E-state index contributed by atoms with van der Waals surface area (Å²) in [7, 11) is 0. The van der Waals surface area contributed by atoms with Crippen molar-refractivity contribution in [1.29, 1.82) is 0 Å². The number of nitrogens with zero attached hydrogens (tertiary/aromatic N) is 4. The molecule has 4 heterocycles. The SMILES string of the molecule is CCCCCC1CCC(c2ccc(-c3ncc(Oc4cnc(-c5ccc(C6CCC(CCCCC)CC6)cc5)nc4C[C@@H]4O[C@H]4CCCC)c(C[C@@H]4O[C@H]4CCCC)n3)cc2)CC1. The first-order chi connectivity index (χ1) is 31.0. The van der Waals surface area contributed by atoms with Gasteiger partial charge < -0.3 is 14.2 Å². The van der Waals surface area contributed by atoms with Gasteiger partial charge in [-0.2, -0.15) is 0 Å². The fourth-order valence-corrected chi connectivity index (χ4v) is 10.8. The minimum Gasteiger partial charge on any atom is -0.450 e. The van der Waals surface area contributed by atoms with Gasteiger partial charge in [-0.25, -0.2) is 19.9 Å². The third-order valence-corrected chi connectivity index (χ3v) is 15.1. The Kier molecular flexibility index (Phi) is 16.7. The highest BCUT2D eigenvalue weighted by Gasteiger charge is 2.40. The Morgan fingerprint density at radius 2 is 0.857 bits per heavy atom. The van der Waals surface area contributed by atoms with Crippen LogP contribution in [0, 0.1) is 11.8 Å². The lowest BCUT2D eigenvalue weighted by Gasteiger charge is -2.29. The molecule has 2 aliphatic carbocycles. The monoisotopic (exact) mass is 855 g/mol. The second kappa shape index (κ2) is 23.0. The number of ether oxygens (including phenoxy) is 3. The van der Waals surface area contributed by atoms with E-state index in [1.807, 2.05) is 12.4 Å². The van der Waals surface area contributed by atoms with Crippen LogP contribution in [-0.2, 0) is 22.3 Å². The third-order valence-electron chi connectivity index (χ3n) is 15.1. The molecule has 4 aliphatic rings. The van der Waals surface area contributed by atoms with E-state index in [1.54, 1.807) is 0 Å². The van der Waals surface area contributed by atoms with E-state index in [4.69, 9.17) is 34.1 Å². The van der Waals surface area contributed by atoms with Crippen molar-refractivity contribution >= 4 is 0 Å². The number of hydrogen-bond acceptors (Lipinski definition) is 7. The van der Waals surface area contributed by atoms with Crippen molar-refractivity contribution in [1.82, 2.24) is 19.9 Å². The van der Waals surface area contributed by atoms with Crippen molar-refractivity contribution in [3.8, 4) is 34.3 Å². The lowest BCUT2D eigenvalue weighted by molar-refractivity contribution is 0.303. The van der Waals surface area contributed by atoms with Crippen LogP contribution in [0.2, 0.25) is 0 Å². The van der Waals surface area contributed by atoms with Crippen LogP contribution in [0.3, 0.4) is 0 Å². The number of aromatic nitrogens is 4. The molecule has 0 amide bonds. The zero-order chi connectivity index (χ0) is 43.4. The molecule has 2 saturated heterocycles. The van der Waals surface area contributed by atoms with E-state index in [1.165, 1.54) is 140 Å². The highest BCUT2D eigenvalue weighted by Crippen LogP contribution is 2.41. The summed E-state index contributed by atoms with van der Waals surface area (Å²) < 4.78 is 19.2. The molecule has 0 radical (unpaired) electrons. The summed E-state index contributed by atoms with van der Waals surface area (Å²) in [5.74, 6) is 5.90. The second-order valence-electron chi connectivity index (χ2n) is 19.9. The van der Waals surface area contributed by atoms with E-state index >= 15 is 0 Å². The average molecular weight is 855 g/mol. The van der Waals surface area contributed by atoms with Crippen LogP contribution in [0.25, 0.3) is 22.8 Å². The van der Waals surface area contributed by atoms with Gasteiger partial charge in [-0.3, -0.25) is 0 Å². The standard InChI is InChI=1S/C56H78N4O3/c1-5-9-13-15-39-19-23-41(24-20-39)43-27-31-45(32-28-43)55-57-37-53(47(59-55)35-51-49(61-51)17-11-7-3)63-54-38-58-56(60-48(54)36-52-50(62-52)18-12-8-4)46-33-29-44(30-34-46)42-25-21-40(22-26-42)16-14-10-6-2/h27-34,37-42,49-52H,5-26,35-36H2,1-4H3/t39?,40?,41?,42?,49-,50-,51-,52-/m0/s1. The van der Waals surface area contributed by atoms with Gasteiger partial charge >= 0.3 is 0 Å². The van der Waals surface area contributed by atoms with Crippen LogP contribution in [0.5, 0.6) is 11.5 Å². The number of rotatable bonds is 24. The van der Waals surface area contributed by atoms with E-state index in [9.17, 15) is 0 Å². The number of benzene rings is 2. The maximum atomic E-state index is 6.83.